The first-order chi connectivity index (χ1) is 14.4. The van der Waals surface area contributed by atoms with Crippen molar-refractivity contribution in [1.82, 2.24) is 10.6 Å². The first kappa shape index (κ1) is 24.7. The number of guanidine groups is 1. The lowest BCUT2D eigenvalue weighted by Crippen LogP contribution is -2.38. The lowest BCUT2D eigenvalue weighted by molar-refractivity contribution is -0.153. The van der Waals surface area contributed by atoms with E-state index in [1.54, 1.807) is 31.3 Å². The molecule has 0 bridgehead atoms. The van der Waals surface area contributed by atoms with E-state index in [9.17, 15) is 13.2 Å². The molecule has 170 valence electrons. The van der Waals surface area contributed by atoms with Crippen molar-refractivity contribution >= 4 is 29.9 Å². The Bertz CT molecular complexity index is 864. The van der Waals surface area contributed by atoms with Gasteiger partial charge in [0.1, 0.15) is 18.1 Å². The third-order valence-corrected chi connectivity index (χ3v) is 4.02. The molecule has 1 heterocycles. The lowest BCUT2D eigenvalue weighted by Gasteiger charge is -2.13. The van der Waals surface area contributed by atoms with Gasteiger partial charge in [-0.1, -0.05) is 12.1 Å². The van der Waals surface area contributed by atoms with Crippen LogP contribution in [0.1, 0.15) is 5.56 Å². The van der Waals surface area contributed by atoms with Crippen LogP contribution >= 0.6 is 24.0 Å². The first-order valence-electron chi connectivity index (χ1n) is 9.18. The van der Waals surface area contributed by atoms with Crippen molar-refractivity contribution in [2.45, 2.75) is 12.7 Å². The highest BCUT2D eigenvalue weighted by molar-refractivity contribution is 14.0. The van der Waals surface area contributed by atoms with Gasteiger partial charge in [0.15, 0.2) is 24.1 Å². The fourth-order valence-corrected chi connectivity index (χ4v) is 2.58. The van der Waals surface area contributed by atoms with Crippen molar-refractivity contribution < 1.29 is 32.1 Å². The summed E-state index contributed by atoms with van der Waals surface area (Å²) in [5.41, 5.74) is 0.869. The van der Waals surface area contributed by atoms with Gasteiger partial charge in [0.05, 0.1) is 6.54 Å². The second-order valence-corrected chi connectivity index (χ2v) is 6.26. The zero-order valence-corrected chi connectivity index (χ0v) is 19.0. The minimum atomic E-state index is -4.36. The van der Waals surface area contributed by atoms with E-state index in [0.717, 1.165) is 5.56 Å². The van der Waals surface area contributed by atoms with Crippen LogP contribution in [0.15, 0.2) is 47.5 Å². The molecule has 11 heteroatoms. The Hall–Kier alpha value is -2.57. The maximum absolute atomic E-state index is 12.2. The number of aliphatic imine (C=N–C) groups is 1. The molecule has 0 saturated carbocycles. The number of nitrogens with one attached hydrogen (secondary N) is 2. The number of halogens is 4. The lowest BCUT2D eigenvalue weighted by atomic mass is 10.2. The molecule has 0 atom stereocenters. The van der Waals surface area contributed by atoms with Gasteiger partial charge in [0.25, 0.3) is 0 Å². The number of hydrogen-bond acceptors (Lipinski definition) is 5. The van der Waals surface area contributed by atoms with Crippen LogP contribution in [0, 0.1) is 0 Å². The van der Waals surface area contributed by atoms with Gasteiger partial charge in [0, 0.05) is 19.7 Å². The predicted molar refractivity (Wildman–Crippen MR) is 120 cm³/mol. The molecule has 2 aromatic carbocycles. The quantitative estimate of drug-likeness (QED) is 0.225. The Balaban J connectivity index is 0.00000341. The maximum Gasteiger partial charge on any atom is 0.422 e. The van der Waals surface area contributed by atoms with Crippen LogP contribution < -0.4 is 29.6 Å². The van der Waals surface area contributed by atoms with Crippen LogP contribution in [-0.2, 0) is 6.54 Å². The van der Waals surface area contributed by atoms with Crippen LogP contribution in [0.3, 0.4) is 0 Å². The zero-order chi connectivity index (χ0) is 21.4. The van der Waals surface area contributed by atoms with E-state index >= 15 is 0 Å². The van der Waals surface area contributed by atoms with Gasteiger partial charge in [-0.05, 0) is 29.8 Å². The fourth-order valence-electron chi connectivity index (χ4n) is 2.58. The van der Waals surface area contributed by atoms with Gasteiger partial charge >= 0.3 is 6.18 Å². The number of rotatable bonds is 8. The van der Waals surface area contributed by atoms with Gasteiger partial charge < -0.3 is 29.6 Å². The normalized spacial score (nSPS) is 12.7. The van der Waals surface area contributed by atoms with Crippen molar-refractivity contribution in [1.29, 1.82) is 0 Å². The first-order valence-corrected chi connectivity index (χ1v) is 9.18. The summed E-state index contributed by atoms with van der Waals surface area (Å²) in [6.45, 7) is 0.271. The van der Waals surface area contributed by atoms with Gasteiger partial charge in [-0.15, -0.1) is 24.0 Å². The van der Waals surface area contributed by atoms with Crippen molar-refractivity contribution in [3.63, 3.8) is 0 Å². The molecular weight excluding hydrogens is 530 g/mol. The smallest absolute Gasteiger partial charge is 0.422 e. The molecule has 0 aliphatic carbocycles. The van der Waals surface area contributed by atoms with Crippen molar-refractivity contribution in [2.75, 3.05) is 33.6 Å². The topological polar surface area (TPSA) is 73.3 Å². The van der Waals surface area contributed by atoms with Crippen LogP contribution in [0.2, 0.25) is 0 Å². The summed E-state index contributed by atoms with van der Waals surface area (Å²) in [5.74, 6) is 2.77. The molecule has 0 spiro atoms. The van der Waals surface area contributed by atoms with E-state index in [2.05, 4.69) is 20.4 Å². The molecular formula is C20H23F3IN3O4. The molecule has 7 nitrogen and oxygen atoms in total. The molecule has 0 saturated heterocycles. The minimum Gasteiger partial charge on any atom is -0.492 e. The highest BCUT2D eigenvalue weighted by Gasteiger charge is 2.28. The van der Waals surface area contributed by atoms with Gasteiger partial charge in [-0.2, -0.15) is 13.2 Å². The SMILES string of the molecule is CN=C(NCCOc1ccc2c(c1)OCO2)NCc1ccc(OCC(F)(F)F)cc1.I. The van der Waals surface area contributed by atoms with Crippen molar-refractivity contribution in [2.24, 2.45) is 4.99 Å². The van der Waals surface area contributed by atoms with Crippen LogP contribution in [0.25, 0.3) is 0 Å². The summed E-state index contributed by atoms with van der Waals surface area (Å²) in [6.07, 6.45) is -4.36. The Morgan fingerprint density at radius 3 is 2.42 bits per heavy atom. The molecule has 2 aromatic rings. The second kappa shape index (κ2) is 11.7. The number of ether oxygens (including phenoxy) is 4. The Morgan fingerprint density at radius 1 is 1.00 bits per heavy atom. The summed E-state index contributed by atoms with van der Waals surface area (Å²) in [7, 11) is 1.64. The van der Waals surface area contributed by atoms with Gasteiger partial charge in [0.2, 0.25) is 6.79 Å². The van der Waals surface area contributed by atoms with E-state index < -0.39 is 12.8 Å². The number of alkyl halides is 3. The van der Waals surface area contributed by atoms with Crippen LogP contribution in [0.5, 0.6) is 23.0 Å². The molecule has 2 N–H and O–H groups in total. The number of nitrogens with zero attached hydrogens (tertiary/aromatic N) is 1. The highest BCUT2D eigenvalue weighted by atomic mass is 127. The maximum atomic E-state index is 12.2. The van der Waals surface area contributed by atoms with E-state index in [1.165, 1.54) is 12.1 Å². The Kier molecular flexibility index (Phi) is 9.34. The standard InChI is InChI=1S/C20H22F3N3O4.HI/c1-24-19(25-8-9-27-16-6-7-17-18(10-16)30-13-29-17)26-11-14-2-4-15(5-3-14)28-12-20(21,22)23;/h2-7,10H,8-9,11-13H2,1H3,(H2,24,25,26);1H. The number of benzene rings is 2. The van der Waals surface area contributed by atoms with E-state index in [1.807, 2.05) is 6.07 Å². The third-order valence-electron chi connectivity index (χ3n) is 4.02. The summed E-state index contributed by atoms with van der Waals surface area (Å²) < 4.78 is 57.4. The number of hydrogen-bond donors (Lipinski definition) is 2. The molecule has 3 rings (SSSR count). The average molecular weight is 553 g/mol. The molecule has 1 aliphatic rings. The molecule has 0 radical (unpaired) electrons. The molecule has 0 aromatic heterocycles. The molecule has 0 fully saturated rings. The number of fused-ring (bicyclic) bond motifs is 1. The zero-order valence-electron chi connectivity index (χ0n) is 16.7. The van der Waals surface area contributed by atoms with Crippen LogP contribution in [-0.4, -0.2) is 45.7 Å². The largest absolute Gasteiger partial charge is 0.492 e. The average Bonchev–Trinajstić information content (AvgIpc) is 3.20. The summed E-state index contributed by atoms with van der Waals surface area (Å²) in [6, 6.07) is 11.8. The monoisotopic (exact) mass is 553 g/mol. The van der Waals surface area contributed by atoms with E-state index in [4.69, 9.17) is 14.2 Å². The Labute approximate surface area is 194 Å². The highest BCUT2D eigenvalue weighted by Crippen LogP contribution is 2.34. The van der Waals surface area contributed by atoms with Gasteiger partial charge in [-0.3, -0.25) is 4.99 Å². The fraction of sp³-hybridized carbons (Fsp3) is 0.350. The summed E-state index contributed by atoms with van der Waals surface area (Å²) in [4.78, 5) is 4.12. The van der Waals surface area contributed by atoms with E-state index in [-0.39, 0.29) is 36.5 Å². The molecule has 0 amide bonds. The molecule has 31 heavy (non-hydrogen) atoms. The minimum absolute atomic E-state index is 0. The van der Waals surface area contributed by atoms with Crippen LogP contribution in [0.4, 0.5) is 13.2 Å². The summed E-state index contributed by atoms with van der Waals surface area (Å²) in [5, 5.41) is 6.24. The van der Waals surface area contributed by atoms with Crippen molar-refractivity contribution in [3.8, 4) is 23.0 Å². The van der Waals surface area contributed by atoms with Crippen molar-refractivity contribution in [3.05, 3.63) is 48.0 Å². The molecule has 1 aliphatic heterocycles. The Morgan fingerprint density at radius 2 is 1.71 bits per heavy atom. The second-order valence-electron chi connectivity index (χ2n) is 6.26. The molecule has 0 unspecified atom stereocenters. The predicted octanol–water partition coefficient (Wildman–Crippen LogP) is 3.72. The van der Waals surface area contributed by atoms with Gasteiger partial charge in [-0.25, -0.2) is 0 Å². The third kappa shape index (κ3) is 8.23. The summed E-state index contributed by atoms with van der Waals surface area (Å²) >= 11 is 0. The van der Waals surface area contributed by atoms with E-state index in [0.29, 0.717) is 42.9 Å².